The lowest BCUT2D eigenvalue weighted by Crippen LogP contribution is -2.39. The van der Waals surface area contributed by atoms with Crippen LogP contribution in [0.5, 0.6) is 5.88 Å². The summed E-state index contributed by atoms with van der Waals surface area (Å²) in [7, 11) is 1.73. The largest absolute Gasteiger partial charge is 0.473 e. The van der Waals surface area contributed by atoms with E-state index in [4.69, 9.17) is 4.74 Å². The maximum Gasteiger partial charge on any atom is 0.245 e. The Kier molecular flexibility index (Phi) is 6.55. The first-order valence-electron chi connectivity index (χ1n) is 5.66. The fraction of sp³-hybridized carbons (Fsp3) is 0.700. The van der Waals surface area contributed by atoms with Crippen molar-refractivity contribution >= 4 is 17.6 Å². The number of carbonyl (C=O) groups is 1. The molecule has 0 aliphatic rings. The van der Waals surface area contributed by atoms with Crippen LogP contribution in [0, 0.1) is 0 Å². The molecule has 0 saturated carbocycles. The second kappa shape index (κ2) is 7.96. The Hall–Kier alpha value is -1.25. The van der Waals surface area contributed by atoms with Crippen molar-refractivity contribution in [2.45, 2.75) is 13.0 Å². The summed E-state index contributed by atoms with van der Waals surface area (Å²) >= 11 is 1.05. The lowest BCUT2D eigenvalue weighted by Gasteiger charge is -2.16. The zero-order chi connectivity index (χ0) is 13.4. The van der Waals surface area contributed by atoms with Gasteiger partial charge in [-0.05, 0) is 6.92 Å². The molecule has 0 fully saturated rings. The molecule has 2 N–H and O–H groups in total. The molecule has 0 radical (unpaired) electrons. The smallest absolute Gasteiger partial charge is 0.245 e. The van der Waals surface area contributed by atoms with E-state index in [-0.39, 0.29) is 19.1 Å². The van der Waals surface area contributed by atoms with Gasteiger partial charge in [0.15, 0.2) is 0 Å². The average molecular weight is 274 g/mol. The predicted octanol–water partition coefficient (Wildman–Crippen LogP) is -0.654. The number of aliphatic hydroxyl groups excluding tert-OH is 1. The van der Waals surface area contributed by atoms with Crippen molar-refractivity contribution in [3.8, 4) is 5.88 Å². The Labute approximate surface area is 110 Å². The van der Waals surface area contributed by atoms with Crippen molar-refractivity contribution in [1.82, 2.24) is 19.0 Å². The molecule has 7 nitrogen and oxygen atoms in total. The Bertz CT molecular complexity index is 347. The molecular weight excluding hydrogens is 256 g/mol. The van der Waals surface area contributed by atoms with Gasteiger partial charge >= 0.3 is 0 Å². The summed E-state index contributed by atoms with van der Waals surface area (Å²) in [5.74, 6) is 0.398. The third kappa shape index (κ3) is 5.39. The Morgan fingerprint density at radius 2 is 2.50 bits per heavy atom. The first-order chi connectivity index (χ1) is 8.63. The first kappa shape index (κ1) is 14.8. The number of nitrogens with zero attached hydrogens (tertiary/aromatic N) is 3. The Morgan fingerprint density at radius 1 is 1.72 bits per heavy atom. The van der Waals surface area contributed by atoms with Crippen LogP contribution in [0.4, 0.5) is 0 Å². The molecule has 1 atom stereocenters. The van der Waals surface area contributed by atoms with Crippen LogP contribution in [0.1, 0.15) is 6.92 Å². The summed E-state index contributed by atoms with van der Waals surface area (Å²) in [5.41, 5.74) is 0. The predicted molar refractivity (Wildman–Crippen MR) is 67.6 cm³/mol. The van der Waals surface area contributed by atoms with Gasteiger partial charge in [0.2, 0.25) is 11.8 Å². The molecule has 1 aromatic rings. The normalized spacial score (nSPS) is 12.2. The van der Waals surface area contributed by atoms with Crippen LogP contribution < -0.4 is 10.1 Å². The standard InChI is InChI=1S/C10H18N4O3S/c1-3-14(2)10(16)6-11-4-8(15)7-17-9-5-12-18-13-9/h5,8,11,15H,3-4,6-7H2,1-2H3. The van der Waals surface area contributed by atoms with Crippen molar-refractivity contribution in [3.05, 3.63) is 6.20 Å². The highest BCUT2D eigenvalue weighted by Crippen LogP contribution is 2.04. The van der Waals surface area contributed by atoms with Gasteiger partial charge in [0.05, 0.1) is 18.3 Å². The molecule has 1 amide bonds. The molecule has 1 heterocycles. The molecule has 0 aliphatic heterocycles. The lowest BCUT2D eigenvalue weighted by atomic mass is 10.3. The molecular formula is C10H18N4O3S. The molecule has 8 heteroatoms. The van der Waals surface area contributed by atoms with Crippen LogP contribution in [0.15, 0.2) is 6.20 Å². The molecule has 0 saturated heterocycles. The van der Waals surface area contributed by atoms with Crippen molar-refractivity contribution in [3.63, 3.8) is 0 Å². The summed E-state index contributed by atoms with van der Waals surface area (Å²) in [5, 5.41) is 12.5. The van der Waals surface area contributed by atoms with E-state index in [2.05, 4.69) is 14.1 Å². The summed E-state index contributed by atoms with van der Waals surface area (Å²) in [6.07, 6.45) is 0.802. The quantitative estimate of drug-likeness (QED) is 0.655. The minimum Gasteiger partial charge on any atom is -0.473 e. The number of likely N-dealkylation sites (N-methyl/N-ethyl adjacent to an activating group) is 1. The SMILES string of the molecule is CCN(C)C(=O)CNCC(O)COc1cnsn1. The number of amides is 1. The second-order valence-corrected chi connectivity index (χ2v) is 4.31. The molecule has 1 unspecified atom stereocenters. The van der Waals surface area contributed by atoms with E-state index in [1.165, 1.54) is 6.20 Å². The highest BCUT2D eigenvalue weighted by Gasteiger charge is 2.09. The molecule has 0 aromatic carbocycles. The number of aliphatic hydroxyl groups is 1. The highest BCUT2D eigenvalue weighted by molar-refractivity contribution is 6.99. The van der Waals surface area contributed by atoms with E-state index in [9.17, 15) is 9.90 Å². The van der Waals surface area contributed by atoms with Crippen LogP contribution in [0.3, 0.4) is 0 Å². The Morgan fingerprint density at radius 3 is 3.11 bits per heavy atom. The van der Waals surface area contributed by atoms with Crippen molar-refractivity contribution in [1.29, 1.82) is 0 Å². The number of rotatable bonds is 8. The van der Waals surface area contributed by atoms with Crippen molar-refractivity contribution in [2.75, 3.05) is 33.3 Å². The number of hydrogen-bond acceptors (Lipinski definition) is 7. The molecule has 1 aromatic heterocycles. The topological polar surface area (TPSA) is 87.6 Å². The van der Waals surface area contributed by atoms with Gasteiger partial charge in [0.1, 0.15) is 18.9 Å². The highest BCUT2D eigenvalue weighted by atomic mass is 32.1. The number of hydrogen-bond donors (Lipinski definition) is 2. The van der Waals surface area contributed by atoms with E-state index in [0.29, 0.717) is 19.0 Å². The van der Waals surface area contributed by atoms with Crippen LogP contribution in [-0.4, -0.2) is 64.1 Å². The number of nitrogens with one attached hydrogen (secondary N) is 1. The third-order valence-electron chi connectivity index (χ3n) is 2.32. The van der Waals surface area contributed by atoms with E-state index in [0.717, 1.165) is 11.7 Å². The molecule has 0 spiro atoms. The van der Waals surface area contributed by atoms with Gasteiger partial charge in [-0.3, -0.25) is 4.79 Å². The summed E-state index contributed by atoms with van der Waals surface area (Å²) in [6.45, 7) is 3.20. The van der Waals surface area contributed by atoms with Crippen LogP contribution >= 0.6 is 11.7 Å². The van der Waals surface area contributed by atoms with Crippen molar-refractivity contribution < 1.29 is 14.6 Å². The lowest BCUT2D eigenvalue weighted by molar-refractivity contribution is -0.128. The number of aromatic nitrogens is 2. The van der Waals surface area contributed by atoms with E-state index >= 15 is 0 Å². The molecule has 18 heavy (non-hydrogen) atoms. The van der Waals surface area contributed by atoms with Gasteiger partial charge < -0.3 is 20.1 Å². The van der Waals surface area contributed by atoms with Gasteiger partial charge in [0, 0.05) is 20.1 Å². The maximum atomic E-state index is 11.4. The van der Waals surface area contributed by atoms with Gasteiger partial charge in [-0.15, -0.1) is 4.37 Å². The molecule has 102 valence electrons. The van der Waals surface area contributed by atoms with Gasteiger partial charge in [-0.1, -0.05) is 0 Å². The van der Waals surface area contributed by atoms with Gasteiger partial charge in [-0.2, -0.15) is 4.37 Å². The summed E-state index contributed by atoms with van der Waals surface area (Å²) < 4.78 is 12.8. The minimum atomic E-state index is -0.688. The van der Waals surface area contributed by atoms with Gasteiger partial charge in [0.25, 0.3) is 0 Å². The fourth-order valence-electron chi connectivity index (χ4n) is 1.12. The zero-order valence-corrected chi connectivity index (χ0v) is 11.3. The fourth-order valence-corrected chi connectivity index (χ4v) is 1.48. The summed E-state index contributed by atoms with van der Waals surface area (Å²) in [6, 6.07) is 0. The second-order valence-electron chi connectivity index (χ2n) is 3.75. The van der Waals surface area contributed by atoms with Crippen LogP contribution in [-0.2, 0) is 4.79 Å². The zero-order valence-electron chi connectivity index (χ0n) is 10.5. The molecule has 0 aliphatic carbocycles. The molecule has 1 rings (SSSR count). The monoisotopic (exact) mass is 274 g/mol. The van der Waals surface area contributed by atoms with Gasteiger partial charge in [-0.25, -0.2) is 0 Å². The Balaban J connectivity index is 2.10. The first-order valence-corrected chi connectivity index (χ1v) is 6.39. The van der Waals surface area contributed by atoms with E-state index in [1.54, 1.807) is 11.9 Å². The maximum absolute atomic E-state index is 11.4. The van der Waals surface area contributed by atoms with Crippen molar-refractivity contribution in [2.24, 2.45) is 0 Å². The average Bonchev–Trinajstić information content (AvgIpc) is 2.88. The number of carbonyl (C=O) groups excluding carboxylic acids is 1. The summed E-state index contributed by atoms with van der Waals surface area (Å²) in [4.78, 5) is 13.0. The minimum absolute atomic E-state index is 0.00526. The van der Waals surface area contributed by atoms with Crippen LogP contribution in [0.25, 0.3) is 0 Å². The van der Waals surface area contributed by atoms with E-state index < -0.39 is 6.10 Å². The third-order valence-corrected chi connectivity index (χ3v) is 2.78. The number of ether oxygens (including phenoxy) is 1. The van der Waals surface area contributed by atoms with Crippen LogP contribution in [0.2, 0.25) is 0 Å². The van der Waals surface area contributed by atoms with E-state index in [1.807, 2.05) is 6.92 Å². The molecule has 0 bridgehead atoms.